The molecule has 2 aliphatic rings. The molecule has 0 radical (unpaired) electrons. The molecule has 6 heteroatoms. The Morgan fingerprint density at radius 3 is 2.96 bits per heavy atom. The summed E-state index contributed by atoms with van der Waals surface area (Å²) < 4.78 is 0. The standard InChI is InChI=1S/C20H20N4OS/c25-18-10-16(15-5-3-4-13-11-21-7-6-14(13)15)19-17(12-22-18)23-20(26-19)24-8-1-2-9-24/h3-7,11,16H,1-2,8-10,12H2,(H,22,25)/t16-/m1/s1. The zero-order chi connectivity index (χ0) is 17.5. The number of aromatic nitrogens is 2. The van der Waals surface area contributed by atoms with E-state index in [0.29, 0.717) is 13.0 Å². The average Bonchev–Trinajstić information content (AvgIpc) is 3.31. The third kappa shape index (κ3) is 2.65. The summed E-state index contributed by atoms with van der Waals surface area (Å²) in [4.78, 5) is 25.1. The maximum atomic E-state index is 12.4. The first-order chi connectivity index (χ1) is 12.8. The van der Waals surface area contributed by atoms with Gasteiger partial charge in [0.05, 0.1) is 12.2 Å². The number of carbonyl (C=O) groups excluding carboxylic acids is 1. The first kappa shape index (κ1) is 15.8. The number of pyridine rings is 1. The molecule has 1 N–H and O–H groups in total. The van der Waals surface area contributed by atoms with Gasteiger partial charge in [0.25, 0.3) is 0 Å². The minimum Gasteiger partial charge on any atom is -0.350 e. The summed E-state index contributed by atoms with van der Waals surface area (Å²) in [5.41, 5.74) is 2.22. The molecule has 1 aromatic carbocycles. The predicted molar refractivity (Wildman–Crippen MR) is 104 cm³/mol. The molecule has 5 nitrogen and oxygen atoms in total. The van der Waals surface area contributed by atoms with Crippen LogP contribution in [0.25, 0.3) is 10.8 Å². The van der Waals surface area contributed by atoms with Crippen molar-refractivity contribution < 1.29 is 4.79 Å². The Bertz CT molecular complexity index is 972. The molecule has 132 valence electrons. The molecule has 26 heavy (non-hydrogen) atoms. The van der Waals surface area contributed by atoms with Gasteiger partial charge in [-0.05, 0) is 29.9 Å². The predicted octanol–water partition coefficient (Wildman–Crippen LogP) is 3.44. The number of rotatable bonds is 2. The van der Waals surface area contributed by atoms with Gasteiger partial charge in [-0.25, -0.2) is 4.98 Å². The van der Waals surface area contributed by atoms with Gasteiger partial charge in [0.15, 0.2) is 5.13 Å². The minimum absolute atomic E-state index is 0.0486. The highest BCUT2D eigenvalue weighted by Gasteiger charge is 2.30. The smallest absolute Gasteiger partial charge is 0.221 e. The van der Waals surface area contributed by atoms with Gasteiger partial charge in [-0.1, -0.05) is 18.2 Å². The normalized spacial score (nSPS) is 20.1. The van der Waals surface area contributed by atoms with Crippen molar-refractivity contribution in [2.75, 3.05) is 18.0 Å². The van der Waals surface area contributed by atoms with Crippen molar-refractivity contribution in [1.82, 2.24) is 15.3 Å². The quantitative estimate of drug-likeness (QED) is 0.757. The van der Waals surface area contributed by atoms with Gasteiger partial charge < -0.3 is 10.2 Å². The van der Waals surface area contributed by atoms with Gasteiger partial charge in [-0.2, -0.15) is 0 Å². The zero-order valence-electron chi connectivity index (χ0n) is 14.4. The molecule has 2 aliphatic heterocycles. The molecule has 0 saturated carbocycles. The molecular formula is C20H20N4OS. The average molecular weight is 364 g/mol. The summed E-state index contributed by atoms with van der Waals surface area (Å²) in [7, 11) is 0. The van der Waals surface area contributed by atoms with E-state index in [1.165, 1.54) is 28.7 Å². The topological polar surface area (TPSA) is 58.1 Å². The number of hydrogen-bond donors (Lipinski definition) is 1. The van der Waals surface area contributed by atoms with E-state index in [1.54, 1.807) is 11.3 Å². The number of carbonyl (C=O) groups is 1. The Balaban J connectivity index is 1.64. The molecule has 4 heterocycles. The molecule has 1 amide bonds. The molecule has 1 fully saturated rings. The van der Waals surface area contributed by atoms with Crippen LogP contribution in [0.3, 0.4) is 0 Å². The highest BCUT2D eigenvalue weighted by molar-refractivity contribution is 7.15. The van der Waals surface area contributed by atoms with Crippen LogP contribution in [-0.2, 0) is 11.3 Å². The highest BCUT2D eigenvalue weighted by atomic mass is 32.1. The second-order valence-electron chi connectivity index (χ2n) is 6.98. The second-order valence-corrected chi connectivity index (χ2v) is 7.99. The summed E-state index contributed by atoms with van der Waals surface area (Å²) in [6.45, 7) is 2.70. The Labute approximate surface area is 156 Å². The van der Waals surface area contributed by atoms with Crippen LogP contribution in [0.15, 0.2) is 36.7 Å². The number of nitrogens with one attached hydrogen (secondary N) is 1. The summed E-state index contributed by atoms with van der Waals surface area (Å²) in [6.07, 6.45) is 6.65. The van der Waals surface area contributed by atoms with E-state index >= 15 is 0 Å². The number of hydrogen-bond acceptors (Lipinski definition) is 5. The summed E-state index contributed by atoms with van der Waals surface area (Å²) in [5.74, 6) is 0.140. The molecular weight excluding hydrogens is 344 g/mol. The van der Waals surface area contributed by atoms with E-state index < -0.39 is 0 Å². The Kier molecular flexibility index (Phi) is 3.85. The Morgan fingerprint density at radius 2 is 2.08 bits per heavy atom. The van der Waals surface area contributed by atoms with Gasteiger partial charge >= 0.3 is 0 Å². The largest absolute Gasteiger partial charge is 0.350 e. The maximum Gasteiger partial charge on any atom is 0.221 e. The number of benzene rings is 1. The van der Waals surface area contributed by atoms with Crippen molar-refractivity contribution in [3.8, 4) is 0 Å². The van der Waals surface area contributed by atoms with E-state index in [1.807, 2.05) is 12.4 Å². The second kappa shape index (κ2) is 6.36. The van der Waals surface area contributed by atoms with E-state index in [0.717, 1.165) is 29.3 Å². The van der Waals surface area contributed by atoms with Crippen molar-refractivity contribution in [3.63, 3.8) is 0 Å². The molecule has 2 aromatic heterocycles. The van der Waals surface area contributed by atoms with Crippen molar-refractivity contribution in [2.24, 2.45) is 0 Å². The molecule has 0 aliphatic carbocycles. The number of nitrogens with zero attached hydrogens (tertiary/aromatic N) is 3. The Morgan fingerprint density at radius 1 is 1.19 bits per heavy atom. The molecule has 1 saturated heterocycles. The summed E-state index contributed by atoms with van der Waals surface area (Å²) in [5, 5.41) is 6.42. The van der Waals surface area contributed by atoms with Gasteiger partial charge in [-0.3, -0.25) is 9.78 Å². The van der Waals surface area contributed by atoms with Crippen molar-refractivity contribution >= 4 is 33.1 Å². The lowest BCUT2D eigenvalue weighted by Crippen LogP contribution is -2.22. The van der Waals surface area contributed by atoms with E-state index in [2.05, 4.69) is 39.5 Å². The van der Waals surface area contributed by atoms with Crippen LogP contribution in [0.1, 0.15) is 41.3 Å². The number of thiazole rings is 1. The number of amides is 1. The first-order valence-corrected chi connectivity index (χ1v) is 9.95. The fourth-order valence-electron chi connectivity index (χ4n) is 4.03. The van der Waals surface area contributed by atoms with Gasteiger partial charge in [-0.15, -0.1) is 11.3 Å². The lowest BCUT2D eigenvalue weighted by molar-refractivity contribution is -0.121. The maximum absolute atomic E-state index is 12.4. The van der Waals surface area contributed by atoms with E-state index in [4.69, 9.17) is 4.98 Å². The van der Waals surface area contributed by atoms with Crippen LogP contribution in [0.2, 0.25) is 0 Å². The lowest BCUT2D eigenvalue weighted by atomic mass is 9.90. The van der Waals surface area contributed by atoms with Crippen LogP contribution in [0.5, 0.6) is 0 Å². The van der Waals surface area contributed by atoms with Crippen molar-refractivity contribution in [3.05, 3.63) is 52.8 Å². The van der Waals surface area contributed by atoms with Gasteiger partial charge in [0.2, 0.25) is 5.91 Å². The first-order valence-electron chi connectivity index (χ1n) is 9.13. The summed E-state index contributed by atoms with van der Waals surface area (Å²) in [6, 6.07) is 8.33. The fourth-order valence-corrected chi connectivity index (χ4v) is 5.28. The summed E-state index contributed by atoms with van der Waals surface area (Å²) >= 11 is 1.77. The molecule has 5 rings (SSSR count). The lowest BCUT2D eigenvalue weighted by Gasteiger charge is -2.17. The third-order valence-electron chi connectivity index (χ3n) is 5.34. The Hall–Kier alpha value is -2.47. The SMILES string of the molecule is O=C1C[C@H](c2cccc3cnccc23)c2sc(N3CCCC3)nc2CN1. The minimum atomic E-state index is 0.0486. The zero-order valence-corrected chi connectivity index (χ0v) is 15.3. The molecule has 0 spiro atoms. The van der Waals surface area contributed by atoms with Gasteiger partial charge in [0, 0.05) is 48.1 Å². The van der Waals surface area contributed by atoms with Gasteiger partial charge in [0.1, 0.15) is 0 Å². The molecule has 0 bridgehead atoms. The van der Waals surface area contributed by atoms with Crippen LogP contribution < -0.4 is 10.2 Å². The number of fused-ring (bicyclic) bond motifs is 2. The monoisotopic (exact) mass is 364 g/mol. The van der Waals surface area contributed by atoms with E-state index in [9.17, 15) is 4.79 Å². The molecule has 0 unspecified atom stereocenters. The molecule has 3 aromatic rings. The fraction of sp³-hybridized carbons (Fsp3) is 0.350. The van der Waals surface area contributed by atoms with Crippen LogP contribution >= 0.6 is 11.3 Å². The molecule has 1 atom stereocenters. The van der Waals surface area contributed by atoms with Crippen LogP contribution in [0, 0.1) is 0 Å². The van der Waals surface area contributed by atoms with E-state index in [-0.39, 0.29) is 11.8 Å². The van der Waals surface area contributed by atoms with Crippen LogP contribution in [0.4, 0.5) is 5.13 Å². The number of anilines is 1. The highest BCUT2D eigenvalue weighted by Crippen LogP contribution is 2.41. The third-order valence-corrected chi connectivity index (χ3v) is 6.61. The van der Waals surface area contributed by atoms with Crippen molar-refractivity contribution in [2.45, 2.75) is 31.7 Å². The van der Waals surface area contributed by atoms with Crippen LogP contribution in [-0.4, -0.2) is 29.0 Å². The van der Waals surface area contributed by atoms with Crippen molar-refractivity contribution in [1.29, 1.82) is 0 Å².